The van der Waals surface area contributed by atoms with Gasteiger partial charge in [0, 0.05) is 45.1 Å². The fourth-order valence-electron chi connectivity index (χ4n) is 4.62. The number of hydroxylamine groups is 1. The Labute approximate surface area is 198 Å². The molecule has 190 valence electrons. The first kappa shape index (κ1) is 27.5. The maximum atomic E-state index is 13.5. The number of hydrogen-bond donors (Lipinski definition) is 3. The van der Waals surface area contributed by atoms with Crippen LogP contribution in [0.15, 0.2) is 0 Å². The predicted octanol–water partition coefficient (Wildman–Crippen LogP) is 1.93. The first-order chi connectivity index (χ1) is 15.9. The van der Waals surface area contributed by atoms with Crippen LogP contribution in [0, 0.1) is 11.8 Å². The van der Waals surface area contributed by atoms with Crippen molar-refractivity contribution in [2.45, 2.75) is 77.7 Å². The zero-order valence-corrected chi connectivity index (χ0v) is 20.5. The molecular formula is C24H44N4O5. The van der Waals surface area contributed by atoms with E-state index in [4.69, 9.17) is 9.94 Å². The first-order valence-corrected chi connectivity index (χ1v) is 12.7. The van der Waals surface area contributed by atoms with Crippen LogP contribution < -0.4 is 10.8 Å². The fourth-order valence-corrected chi connectivity index (χ4v) is 4.62. The summed E-state index contributed by atoms with van der Waals surface area (Å²) in [5.41, 5.74) is 1.63. The zero-order valence-electron chi connectivity index (χ0n) is 20.5. The second-order valence-electron chi connectivity index (χ2n) is 9.71. The third-order valence-electron chi connectivity index (χ3n) is 6.71. The van der Waals surface area contributed by atoms with E-state index in [1.165, 1.54) is 0 Å². The average molecular weight is 469 g/mol. The lowest BCUT2D eigenvalue weighted by Crippen LogP contribution is -2.53. The summed E-state index contributed by atoms with van der Waals surface area (Å²) in [7, 11) is 0. The van der Waals surface area contributed by atoms with Crippen LogP contribution in [-0.4, -0.2) is 84.7 Å². The summed E-state index contributed by atoms with van der Waals surface area (Å²) in [5, 5.41) is 11.9. The molecule has 0 radical (unpaired) electrons. The maximum Gasteiger partial charge on any atom is 0.245 e. The molecule has 2 atom stereocenters. The van der Waals surface area contributed by atoms with E-state index in [1.807, 2.05) is 18.7 Å². The minimum absolute atomic E-state index is 0.0391. The molecule has 2 aliphatic heterocycles. The van der Waals surface area contributed by atoms with Gasteiger partial charge in [-0.2, -0.15) is 0 Å². The summed E-state index contributed by atoms with van der Waals surface area (Å²) in [6, 6.07) is -0.622. The molecule has 0 saturated carbocycles. The number of rotatable bonds is 7. The molecule has 0 aromatic heterocycles. The Kier molecular flexibility index (Phi) is 12.7. The molecule has 2 aliphatic rings. The molecule has 33 heavy (non-hydrogen) atoms. The van der Waals surface area contributed by atoms with Crippen LogP contribution in [0.4, 0.5) is 0 Å². The number of carbonyl (C=O) groups is 3. The molecule has 0 aromatic carbocycles. The van der Waals surface area contributed by atoms with Crippen molar-refractivity contribution in [3.63, 3.8) is 0 Å². The highest BCUT2D eigenvalue weighted by Crippen LogP contribution is 2.19. The second-order valence-corrected chi connectivity index (χ2v) is 9.71. The van der Waals surface area contributed by atoms with Gasteiger partial charge in [0.15, 0.2) is 0 Å². The van der Waals surface area contributed by atoms with Crippen molar-refractivity contribution in [3.05, 3.63) is 0 Å². The van der Waals surface area contributed by atoms with Crippen LogP contribution in [0.1, 0.15) is 71.6 Å². The van der Waals surface area contributed by atoms with Gasteiger partial charge in [0.05, 0.1) is 13.2 Å². The Bertz CT molecular complexity index is 610. The van der Waals surface area contributed by atoms with Gasteiger partial charge in [0.1, 0.15) is 6.04 Å². The third-order valence-corrected chi connectivity index (χ3v) is 6.71. The monoisotopic (exact) mass is 468 g/mol. The van der Waals surface area contributed by atoms with Crippen molar-refractivity contribution in [1.29, 1.82) is 0 Å². The van der Waals surface area contributed by atoms with Gasteiger partial charge in [-0.25, -0.2) is 5.48 Å². The lowest BCUT2D eigenvalue weighted by Gasteiger charge is -2.32. The van der Waals surface area contributed by atoms with Crippen molar-refractivity contribution in [3.8, 4) is 0 Å². The topological polar surface area (TPSA) is 111 Å². The van der Waals surface area contributed by atoms with Crippen LogP contribution in [-0.2, 0) is 19.1 Å². The Morgan fingerprint density at radius 1 is 1.06 bits per heavy atom. The second kappa shape index (κ2) is 15.2. The molecule has 2 unspecified atom stereocenters. The Balaban J connectivity index is 2.07. The summed E-state index contributed by atoms with van der Waals surface area (Å²) in [4.78, 5) is 42.6. The SMILES string of the molecule is CC(C)C1NC(=O)C(CC(=O)NO)CCCCCCCCN(CCCN2CCOCC2)C1=O. The minimum atomic E-state index is -0.622. The molecule has 0 aromatic rings. The lowest BCUT2D eigenvalue weighted by atomic mass is 9.94. The van der Waals surface area contributed by atoms with Gasteiger partial charge >= 0.3 is 0 Å². The Morgan fingerprint density at radius 3 is 2.39 bits per heavy atom. The van der Waals surface area contributed by atoms with Crippen molar-refractivity contribution in [2.75, 3.05) is 45.9 Å². The van der Waals surface area contributed by atoms with Crippen molar-refractivity contribution >= 4 is 17.7 Å². The van der Waals surface area contributed by atoms with Gasteiger partial charge in [-0.1, -0.05) is 46.0 Å². The molecule has 2 heterocycles. The van der Waals surface area contributed by atoms with Gasteiger partial charge in [-0.15, -0.1) is 0 Å². The van der Waals surface area contributed by atoms with Gasteiger partial charge in [0.2, 0.25) is 17.7 Å². The lowest BCUT2D eigenvalue weighted by molar-refractivity contribution is -0.140. The van der Waals surface area contributed by atoms with E-state index in [-0.39, 0.29) is 24.2 Å². The quantitative estimate of drug-likeness (QED) is 0.389. The van der Waals surface area contributed by atoms with Crippen molar-refractivity contribution < 1.29 is 24.3 Å². The standard InChI is InChI=1S/C24H44N4O5/c1-19(2)22-24(31)28(13-9-11-27-14-16-33-17-15-27)12-8-6-4-3-5-7-10-20(23(30)25-22)18-21(29)26-32/h19-20,22,32H,3-18H2,1-2H3,(H,25,30)(H,26,29). The van der Waals surface area contributed by atoms with E-state index < -0.39 is 17.9 Å². The van der Waals surface area contributed by atoms with Crippen LogP contribution >= 0.6 is 0 Å². The van der Waals surface area contributed by atoms with Gasteiger partial charge in [0.25, 0.3) is 0 Å². The van der Waals surface area contributed by atoms with Gasteiger partial charge in [-0.05, 0) is 25.2 Å². The van der Waals surface area contributed by atoms with E-state index in [0.29, 0.717) is 19.5 Å². The van der Waals surface area contributed by atoms with Gasteiger partial charge < -0.3 is 15.0 Å². The number of amides is 3. The van der Waals surface area contributed by atoms with Crippen LogP contribution in [0.5, 0.6) is 0 Å². The molecule has 0 bridgehead atoms. The molecule has 0 spiro atoms. The fraction of sp³-hybridized carbons (Fsp3) is 0.875. The Morgan fingerprint density at radius 2 is 1.73 bits per heavy atom. The number of ether oxygens (including phenoxy) is 1. The maximum absolute atomic E-state index is 13.5. The largest absolute Gasteiger partial charge is 0.379 e. The smallest absolute Gasteiger partial charge is 0.245 e. The van der Waals surface area contributed by atoms with E-state index in [9.17, 15) is 14.4 Å². The molecular weight excluding hydrogens is 424 g/mol. The van der Waals surface area contributed by atoms with Crippen molar-refractivity contribution in [2.24, 2.45) is 11.8 Å². The predicted molar refractivity (Wildman–Crippen MR) is 126 cm³/mol. The molecule has 3 N–H and O–H groups in total. The number of morpholine rings is 1. The molecule has 2 saturated heterocycles. The van der Waals surface area contributed by atoms with Crippen molar-refractivity contribution in [1.82, 2.24) is 20.6 Å². The molecule has 9 nitrogen and oxygen atoms in total. The van der Waals surface area contributed by atoms with E-state index in [1.54, 1.807) is 5.48 Å². The number of carbonyl (C=O) groups excluding carboxylic acids is 3. The third kappa shape index (κ3) is 9.98. The highest BCUT2D eigenvalue weighted by atomic mass is 16.5. The highest BCUT2D eigenvalue weighted by Gasteiger charge is 2.31. The summed E-state index contributed by atoms with van der Waals surface area (Å²) in [6.07, 6.45) is 7.50. The minimum Gasteiger partial charge on any atom is -0.379 e. The van der Waals surface area contributed by atoms with E-state index >= 15 is 0 Å². The number of nitrogens with one attached hydrogen (secondary N) is 2. The highest BCUT2D eigenvalue weighted by molar-refractivity contribution is 5.90. The van der Waals surface area contributed by atoms with E-state index in [2.05, 4.69) is 10.2 Å². The normalized spacial score (nSPS) is 24.9. The van der Waals surface area contributed by atoms with Gasteiger partial charge in [-0.3, -0.25) is 24.5 Å². The summed E-state index contributed by atoms with van der Waals surface area (Å²) < 4.78 is 5.42. The Hall–Kier alpha value is -1.71. The molecule has 2 fully saturated rings. The summed E-state index contributed by atoms with van der Waals surface area (Å²) in [5.74, 6) is -1.51. The number of hydrogen-bond acceptors (Lipinski definition) is 6. The van der Waals surface area contributed by atoms with Crippen LogP contribution in [0.25, 0.3) is 0 Å². The molecule has 9 heteroatoms. The van der Waals surface area contributed by atoms with Crippen LogP contribution in [0.3, 0.4) is 0 Å². The molecule has 0 aliphatic carbocycles. The summed E-state index contributed by atoms with van der Waals surface area (Å²) in [6.45, 7) is 9.58. The first-order valence-electron chi connectivity index (χ1n) is 12.7. The molecule has 2 rings (SSSR count). The van der Waals surface area contributed by atoms with Crippen LogP contribution in [0.2, 0.25) is 0 Å². The van der Waals surface area contributed by atoms with E-state index in [0.717, 1.165) is 77.8 Å². The average Bonchev–Trinajstić information content (AvgIpc) is 2.81. The number of nitrogens with zero attached hydrogens (tertiary/aromatic N) is 2. The summed E-state index contributed by atoms with van der Waals surface area (Å²) >= 11 is 0. The molecule has 3 amide bonds. The zero-order chi connectivity index (χ0) is 24.1.